The topological polar surface area (TPSA) is 94.2 Å². The summed E-state index contributed by atoms with van der Waals surface area (Å²) in [7, 11) is -0.777. The SMILES string of the molecule is O=C(NC1CCCCP1NC1=C(F)CNC(c2c[nH]c3ncccc23)=N1)C1CCCC1. The Morgan fingerprint density at radius 2 is 2.03 bits per heavy atom. The fourth-order valence-electron chi connectivity index (χ4n) is 4.67. The zero-order chi connectivity index (χ0) is 21.2. The lowest BCUT2D eigenvalue weighted by atomic mass is 10.1. The molecule has 3 aliphatic rings. The van der Waals surface area contributed by atoms with Gasteiger partial charge in [-0.15, -0.1) is 0 Å². The Morgan fingerprint density at radius 3 is 2.90 bits per heavy atom. The molecule has 1 saturated heterocycles. The molecule has 0 spiro atoms. The summed E-state index contributed by atoms with van der Waals surface area (Å²) in [5, 5.41) is 10.7. The molecule has 2 unspecified atom stereocenters. The zero-order valence-corrected chi connectivity index (χ0v) is 18.4. The molecule has 2 aromatic rings. The number of amides is 1. The fraction of sp³-hybridized carbons (Fsp3) is 0.500. The highest BCUT2D eigenvalue weighted by atomic mass is 31.1. The second kappa shape index (κ2) is 8.95. The zero-order valence-electron chi connectivity index (χ0n) is 17.5. The molecule has 0 radical (unpaired) electrons. The van der Waals surface area contributed by atoms with Crippen molar-refractivity contribution in [2.75, 3.05) is 12.7 Å². The second-order valence-corrected chi connectivity index (χ2v) is 10.7. The molecule has 4 heterocycles. The van der Waals surface area contributed by atoms with Crippen LogP contribution in [0, 0.1) is 5.92 Å². The number of fused-ring (bicyclic) bond motifs is 1. The van der Waals surface area contributed by atoms with Gasteiger partial charge in [-0.1, -0.05) is 19.3 Å². The van der Waals surface area contributed by atoms with Crippen LogP contribution in [0.1, 0.15) is 50.5 Å². The largest absolute Gasteiger partial charge is 0.363 e. The van der Waals surface area contributed by atoms with Gasteiger partial charge in [-0.2, -0.15) is 0 Å². The minimum atomic E-state index is -0.777. The van der Waals surface area contributed by atoms with Crippen molar-refractivity contribution in [3.05, 3.63) is 41.7 Å². The molecular formula is C22H28FN6OP. The van der Waals surface area contributed by atoms with Crippen LogP contribution in [-0.4, -0.2) is 40.2 Å². The number of H-pyrrole nitrogens is 1. The lowest BCUT2D eigenvalue weighted by Gasteiger charge is -2.34. The van der Waals surface area contributed by atoms with Gasteiger partial charge in [0, 0.05) is 37.3 Å². The average Bonchev–Trinajstić information content (AvgIpc) is 3.47. The van der Waals surface area contributed by atoms with Crippen LogP contribution in [-0.2, 0) is 4.79 Å². The molecule has 0 aromatic carbocycles. The van der Waals surface area contributed by atoms with E-state index in [-0.39, 0.29) is 30.0 Å². The van der Waals surface area contributed by atoms with Crippen LogP contribution in [0.3, 0.4) is 0 Å². The van der Waals surface area contributed by atoms with Gasteiger partial charge in [0.05, 0.1) is 12.3 Å². The molecule has 5 rings (SSSR count). The number of nitrogens with one attached hydrogen (secondary N) is 4. The van der Waals surface area contributed by atoms with Crippen molar-refractivity contribution in [3.63, 3.8) is 0 Å². The Bertz CT molecular complexity index is 1030. The van der Waals surface area contributed by atoms with Gasteiger partial charge in [-0.25, -0.2) is 14.4 Å². The lowest BCUT2D eigenvalue weighted by Crippen LogP contribution is -2.41. The molecule has 2 aliphatic heterocycles. The Labute approximate surface area is 182 Å². The van der Waals surface area contributed by atoms with Gasteiger partial charge in [-0.05, 0) is 44.0 Å². The summed E-state index contributed by atoms with van der Waals surface area (Å²) in [6.45, 7) is 0.0936. The quantitative estimate of drug-likeness (QED) is 0.529. The van der Waals surface area contributed by atoms with Crippen LogP contribution in [0.4, 0.5) is 4.39 Å². The van der Waals surface area contributed by atoms with Gasteiger partial charge in [0.2, 0.25) is 5.91 Å². The van der Waals surface area contributed by atoms with E-state index >= 15 is 0 Å². The van der Waals surface area contributed by atoms with Crippen molar-refractivity contribution in [1.82, 2.24) is 25.7 Å². The maximum Gasteiger partial charge on any atom is 0.223 e. The third-order valence-corrected chi connectivity index (χ3v) is 8.82. The van der Waals surface area contributed by atoms with Gasteiger partial charge in [0.15, 0.2) is 11.6 Å². The van der Waals surface area contributed by atoms with Crippen LogP contribution < -0.4 is 15.7 Å². The number of halogens is 1. The average molecular weight is 442 g/mol. The van der Waals surface area contributed by atoms with Gasteiger partial charge < -0.3 is 20.7 Å². The number of aromatic nitrogens is 2. The number of amidine groups is 1. The van der Waals surface area contributed by atoms with E-state index in [4.69, 9.17) is 0 Å². The highest BCUT2D eigenvalue weighted by molar-refractivity contribution is 7.56. The summed E-state index contributed by atoms with van der Waals surface area (Å²) in [4.78, 5) is 24.7. The van der Waals surface area contributed by atoms with Gasteiger partial charge in [0.25, 0.3) is 0 Å². The number of pyridine rings is 1. The fourth-order valence-corrected chi connectivity index (χ4v) is 7.04. The first kappa shape index (κ1) is 20.4. The van der Waals surface area contributed by atoms with Crippen molar-refractivity contribution in [1.29, 1.82) is 0 Å². The summed E-state index contributed by atoms with van der Waals surface area (Å²) in [5.74, 6) is 1.02. The van der Waals surface area contributed by atoms with Gasteiger partial charge in [0.1, 0.15) is 11.5 Å². The smallest absolute Gasteiger partial charge is 0.223 e. The predicted molar refractivity (Wildman–Crippen MR) is 121 cm³/mol. The van der Waals surface area contributed by atoms with Crippen LogP contribution in [0.25, 0.3) is 11.0 Å². The van der Waals surface area contributed by atoms with Crippen LogP contribution in [0.2, 0.25) is 0 Å². The number of aliphatic imine (C=N–C) groups is 1. The van der Waals surface area contributed by atoms with E-state index in [2.05, 4.69) is 30.7 Å². The number of aromatic amines is 1. The van der Waals surface area contributed by atoms with Gasteiger partial charge >= 0.3 is 0 Å². The summed E-state index contributed by atoms with van der Waals surface area (Å²) in [6, 6.07) is 3.85. The first-order chi connectivity index (χ1) is 15.2. The van der Waals surface area contributed by atoms with E-state index in [1.807, 2.05) is 18.3 Å². The number of carbonyl (C=O) groups is 1. The van der Waals surface area contributed by atoms with Crippen LogP contribution >= 0.6 is 8.07 Å². The van der Waals surface area contributed by atoms with Gasteiger partial charge in [-0.3, -0.25) is 4.79 Å². The third kappa shape index (κ3) is 4.31. The highest BCUT2D eigenvalue weighted by Crippen LogP contribution is 2.45. The molecule has 2 atom stereocenters. The Kier molecular flexibility index (Phi) is 5.90. The van der Waals surface area contributed by atoms with E-state index in [1.54, 1.807) is 6.20 Å². The normalized spacial score (nSPS) is 24.7. The molecule has 4 N–H and O–H groups in total. The predicted octanol–water partition coefficient (Wildman–Crippen LogP) is 3.85. The van der Waals surface area contributed by atoms with Crippen molar-refractivity contribution in [3.8, 4) is 0 Å². The van der Waals surface area contributed by atoms with Crippen molar-refractivity contribution in [2.45, 2.75) is 50.7 Å². The maximum absolute atomic E-state index is 14.7. The summed E-state index contributed by atoms with van der Waals surface area (Å²) < 4.78 is 14.7. The van der Waals surface area contributed by atoms with Crippen molar-refractivity contribution >= 4 is 30.8 Å². The number of nitrogens with zero attached hydrogens (tertiary/aromatic N) is 2. The van der Waals surface area contributed by atoms with E-state index < -0.39 is 8.07 Å². The molecular weight excluding hydrogens is 414 g/mol. The molecule has 1 amide bonds. The van der Waals surface area contributed by atoms with Crippen LogP contribution in [0.5, 0.6) is 0 Å². The molecule has 9 heteroatoms. The third-order valence-electron chi connectivity index (χ3n) is 6.38. The van der Waals surface area contributed by atoms with Crippen LogP contribution in [0.15, 0.2) is 41.2 Å². The summed E-state index contributed by atoms with van der Waals surface area (Å²) >= 11 is 0. The summed E-state index contributed by atoms with van der Waals surface area (Å²) in [6.07, 6.45) is 11.9. The first-order valence-corrected chi connectivity index (χ1v) is 12.8. The minimum Gasteiger partial charge on any atom is -0.363 e. The molecule has 7 nitrogen and oxygen atoms in total. The first-order valence-electron chi connectivity index (χ1n) is 11.2. The maximum atomic E-state index is 14.7. The molecule has 1 aliphatic carbocycles. The molecule has 1 saturated carbocycles. The van der Waals surface area contributed by atoms with Crippen molar-refractivity contribution < 1.29 is 9.18 Å². The molecule has 31 heavy (non-hydrogen) atoms. The molecule has 2 aromatic heterocycles. The molecule has 2 fully saturated rings. The highest BCUT2D eigenvalue weighted by Gasteiger charge is 2.31. The van der Waals surface area contributed by atoms with Crippen molar-refractivity contribution in [2.24, 2.45) is 10.9 Å². The number of rotatable bonds is 5. The minimum absolute atomic E-state index is 0.0722. The summed E-state index contributed by atoms with van der Waals surface area (Å²) in [5.41, 5.74) is 1.65. The Balaban J connectivity index is 1.33. The number of carbonyl (C=O) groups excluding carboxylic acids is 1. The number of hydrogen-bond donors (Lipinski definition) is 4. The van der Waals surface area contributed by atoms with E-state index in [9.17, 15) is 9.18 Å². The van der Waals surface area contributed by atoms with E-state index in [0.717, 1.165) is 67.7 Å². The monoisotopic (exact) mass is 442 g/mol. The number of hydrogen-bond acceptors (Lipinski definition) is 5. The Hall–Kier alpha value is -2.47. The standard InChI is InChI=1S/C22H28FN6OP/c23-17-13-26-20(16-12-25-19-15(16)8-5-10-24-19)28-21(17)29-31-11-4-3-9-18(31)27-22(30)14-6-1-2-7-14/h5,8,10,12,14,18,29H,1-4,6-7,9,11,13H2,(H,24,25)(H,26,28)(H,27,30). The Morgan fingerprint density at radius 1 is 1.19 bits per heavy atom. The second-order valence-electron chi connectivity index (χ2n) is 8.48. The molecule has 0 bridgehead atoms. The lowest BCUT2D eigenvalue weighted by molar-refractivity contribution is -0.125. The van der Waals surface area contributed by atoms with E-state index in [0.29, 0.717) is 11.7 Å². The molecule has 164 valence electrons. The van der Waals surface area contributed by atoms with E-state index in [1.165, 1.54) is 0 Å².